The van der Waals surface area contributed by atoms with E-state index in [1.165, 1.54) is 6.92 Å². The van der Waals surface area contributed by atoms with Gasteiger partial charge in [0.05, 0.1) is 5.60 Å². The molecule has 199 valence electrons. The fourth-order valence-corrected chi connectivity index (χ4v) is 6.09. The van der Waals surface area contributed by atoms with Gasteiger partial charge >= 0.3 is 12.1 Å². The van der Waals surface area contributed by atoms with E-state index in [-0.39, 0.29) is 29.7 Å². The van der Waals surface area contributed by atoms with Gasteiger partial charge in [0.2, 0.25) is 5.95 Å². The van der Waals surface area contributed by atoms with Gasteiger partial charge in [0.1, 0.15) is 11.8 Å². The summed E-state index contributed by atoms with van der Waals surface area (Å²) in [4.78, 5) is 23.5. The van der Waals surface area contributed by atoms with E-state index in [0.29, 0.717) is 32.1 Å². The Kier molecular flexibility index (Phi) is 7.67. The molecule has 0 bridgehead atoms. The molecule has 1 aromatic heterocycles. The van der Waals surface area contributed by atoms with Gasteiger partial charge in [-0.15, -0.1) is 0 Å². The SMILES string of the molecule is CC(=O)O[C@@H]1[CH][C@@]2(O)[C@H](C)CC[C@@H](C(C)CN3CCN(c4nccc(C(F)(F)F)n4)CC3)[C@H]2C=C1C. The maximum Gasteiger partial charge on any atom is 0.433 e. The molecule has 3 aliphatic rings. The third kappa shape index (κ3) is 5.54. The molecular weight excluding hydrogens is 473 g/mol. The number of esters is 1. The van der Waals surface area contributed by atoms with Crippen LogP contribution in [0.3, 0.4) is 0 Å². The van der Waals surface area contributed by atoms with Crippen LogP contribution < -0.4 is 4.90 Å². The number of alkyl halides is 3. The fourth-order valence-electron chi connectivity index (χ4n) is 6.09. The van der Waals surface area contributed by atoms with Crippen molar-refractivity contribution in [3.05, 3.63) is 36.0 Å². The van der Waals surface area contributed by atoms with Crippen molar-refractivity contribution in [1.29, 1.82) is 0 Å². The molecule has 0 aromatic carbocycles. The summed E-state index contributed by atoms with van der Waals surface area (Å²) in [5.41, 5.74) is -1.01. The van der Waals surface area contributed by atoms with E-state index in [4.69, 9.17) is 4.74 Å². The molecule has 4 rings (SSSR count). The Labute approximate surface area is 210 Å². The Morgan fingerprint density at radius 2 is 1.97 bits per heavy atom. The Morgan fingerprint density at radius 1 is 1.28 bits per heavy atom. The molecule has 2 fully saturated rings. The number of hydrogen-bond acceptors (Lipinski definition) is 7. The summed E-state index contributed by atoms with van der Waals surface area (Å²) in [6, 6.07) is 0.890. The van der Waals surface area contributed by atoms with Crippen LogP contribution in [0.15, 0.2) is 23.9 Å². The molecule has 1 unspecified atom stereocenters. The van der Waals surface area contributed by atoms with Crippen molar-refractivity contribution in [1.82, 2.24) is 14.9 Å². The monoisotopic (exact) mass is 509 g/mol. The molecule has 1 saturated heterocycles. The number of piperazine rings is 1. The second-order valence-electron chi connectivity index (χ2n) is 10.7. The molecular formula is C26H36F3N4O3. The lowest BCUT2D eigenvalue weighted by molar-refractivity contribution is -0.148. The van der Waals surface area contributed by atoms with Gasteiger partial charge in [-0.25, -0.2) is 9.97 Å². The first-order valence-corrected chi connectivity index (χ1v) is 12.7. The first-order chi connectivity index (χ1) is 16.9. The summed E-state index contributed by atoms with van der Waals surface area (Å²) < 4.78 is 44.5. The van der Waals surface area contributed by atoms with Crippen LogP contribution in [0, 0.1) is 30.1 Å². The number of halogens is 3. The van der Waals surface area contributed by atoms with Gasteiger partial charge < -0.3 is 14.7 Å². The number of aliphatic hydroxyl groups is 1. The lowest BCUT2D eigenvalue weighted by Gasteiger charge is -2.53. The molecule has 0 amide bonds. The highest BCUT2D eigenvalue weighted by molar-refractivity contribution is 5.66. The van der Waals surface area contributed by atoms with E-state index in [1.54, 1.807) is 4.90 Å². The van der Waals surface area contributed by atoms with Gasteiger partial charge in [0.15, 0.2) is 0 Å². The summed E-state index contributed by atoms with van der Waals surface area (Å²) in [6.07, 6.45) is 1.98. The number of aromatic nitrogens is 2. The number of carbonyl (C=O) groups excluding carboxylic acids is 1. The molecule has 36 heavy (non-hydrogen) atoms. The Morgan fingerprint density at radius 3 is 2.61 bits per heavy atom. The predicted molar refractivity (Wildman–Crippen MR) is 129 cm³/mol. The minimum Gasteiger partial charge on any atom is -0.458 e. The summed E-state index contributed by atoms with van der Waals surface area (Å²) in [6.45, 7) is 11.0. The molecule has 1 aromatic rings. The van der Waals surface area contributed by atoms with Gasteiger partial charge in [-0.2, -0.15) is 13.2 Å². The fraction of sp³-hybridized carbons (Fsp3) is 0.692. The second-order valence-corrected chi connectivity index (χ2v) is 10.7. The van der Waals surface area contributed by atoms with Crippen molar-refractivity contribution in [2.24, 2.45) is 23.7 Å². The van der Waals surface area contributed by atoms with Crippen LogP contribution in [-0.2, 0) is 15.7 Å². The van der Waals surface area contributed by atoms with Crippen molar-refractivity contribution in [2.45, 2.75) is 58.4 Å². The number of nitrogens with zero attached hydrogens (tertiary/aromatic N) is 4. The highest BCUT2D eigenvalue weighted by Crippen LogP contribution is 2.50. The zero-order chi connectivity index (χ0) is 26.3. The molecule has 10 heteroatoms. The van der Waals surface area contributed by atoms with E-state index in [0.717, 1.165) is 37.2 Å². The number of anilines is 1. The van der Waals surface area contributed by atoms with E-state index in [1.807, 2.05) is 13.3 Å². The van der Waals surface area contributed by atoms with E-state index < -0.39 is 23.6 Å². The van der Waals surface area contributed by atoms with Crippen molar-refractivity contribution in [2.75, 3.05) is 37.6 Å². The topological polar surface area (TPSA) is 78.8 Å². The third-order valence-corrected chi connectivity index (χ3v) is 8.19. The van der Waals surface area contributed by atoms with Gasteiger partial charge in [-0.3, -0.25) is 9.69 Å². The normalized spacial score (nSPS) is 32.4. The zero-order valence-corrected chi connectivity index (χ0v) is 21.3. The van der Waals surface area contributed by atoms with Gasteiger partial charge in [0.25, 0.3) is 0 Å². The highest BCUT2D eigenvalue weighted by Gasteiger charge is 2.53. The molecule has 2 heterocycles. The summed E-state index contributed by atoms with van der Waals surface area (Å²) in [5, 5.41) is 11.7. The number of ether oxygens (including phenoxy) is 1. The Hall–Kier alpha value is -2.20. The number of hydrogen-bond donors (Lipinski definition) is 1. The van der Waals surface area contributed by atoms with Gasteiger partial charge in [0, 0.05) is 58.2 Å². The maximum absolute atomic E-state index is 13.0. The Bertz CT molecular complexity index is 979. The van der Waals surface area contributed by atoms with Crippen LogP contribution in [0.1, 0.15) is 46.2 Å². The van der Waals surface area contributed by atoms with Crippen LogP contribution in [0.2, 0.25) is 0 Å². The number of rotatable bonds is 5. The van der Waals surface area contributed by atoms with Crippen molar-refractivity contribution in [3.8, 4) is 0 Å². The van der Waals surface area contributed by atoms with Crippen molar-refractivity contribution >= 4 is 11.9 Å². The average molecular weight is 510 g/mol. The zero-order valence-electron chi connectivity index (χ0n) is 21.3. The first-order valence-electron chi connectivity index (χ1n) is 12.7. The van der Waals surface area contributed by atoms with E-state index in [9.17, 15) is 23.1 Å². The summed E-state index contributed by atoms with van der Waals surface area (Å²) in [7, 11) is 0. The molecule has 2 aliphatic carbocycles. The second kappa shape index (κ2) is 10.3. The minimum absolute atomic E-state index is 0.0529. The lowest BCUT2D eigenvalue weighted by atomic mass is 9.57. The minimum atomic E-state index is -4.49. The van der Waals surface area contributed by atoms with Crippen LogP contribution in [-0.4, -0.2) is 70.4 Å². The molecule has 1 radical (unpaired) electrons. The summed E-state index contributed by atoms with van der Waals surface area (Å²) in [5.74, 6) is 0.319. The van der Waals surface area contributed by atoms with Crippen molar-refractivity contribution < 1.29 is 27.8 Å². The Balaban J connectivity index is 1.39. The molecule has 6 atom stereocenters. The quantitative estimate of drug-likeness (QED) is 0.479. The molecule has 1 saturated carbocycles. The first kappa shape index (κ1) is 26.9. The molecule has 0 spiro atoms. The van der Waals surface area contributed by atoms with Crippen LogP contribution >= 0.6 is 0 Å². The smallest absolute Gasteiger partial charge is 0.433 e. The van der Waals surface area contributed by atoms with Crippen LogP contribution in [0.5, 0.6) is 0 Å². The largest absolute Gasteiger partial charge is 0.458 e. The van der Waals surface area contributed by atoms with E-state index >= 15 is 0 Å². The van der Waals surface area contributed by atoms with E-state index in [2.05, 4.69) is 34.8 Å². The van der Waals surface area contributed by atoms with Gasteiger partial charge in [-0.05, 0) is 49.2 Å². The number of carbonyl (C=O) groups is 1. The summed E-state index contributed by atoms with van der Waals surface area (Å²) >= 11 is 0. The van der Waals surface area contributed by atoms with Gasteiger partial charge in [-0.1, -0.05) is 19.9 Å². The average Bonchev–Trinajstić information content (AvgIpc) is 2.81. The van der Waals surface area contributed by atoms with Crippen LogP contribution in [0.4, 0.5) is 19.1 Å². The third-order valence-electron chi connectivity index (χ3n) is 8.19. The number of fused-ring (bicyclic) bond motifs is 1. The van der Waals surface area contributed by atoms with Crippen LogP contribution in [0.25, 0.3) is 0 Å². The molecule has 1 aliphatic heterocycles. The lowest BCUT2D eigenvalue weighted by Crippen LogP contribution is -2.57. The van der Waals surface area contributed by atoms with Crippen molar-refractivity contribution in [3.63, 3.8) is 0 Å². The standard InChI is InChI=1S/C26H36F3N4O3/c1-16-13-21-20(6-5-18(3)25(21,35)14-22(16)36-19(4)34)17(2)15-32-9-11-33(12-10-32)24-30-8-7-23(31-24)26(27,28)29/h7-8,13-14,17-18,20-22,35H,5-6,9-12,15H2,1-4H3/t17?,18-,20+,21-,22-,25-/m1/s1. The predicted octanol–water partition coefficient (Wildman–Crippen LogP) is 3.74. The molecule has 1 N–H and O–H groups in total. The highest BCUT2D eigenvalue weighted by atomic mass is 19.4. The maximum atomic E-state index is 13.0. The molecule has 7 nitrogen and oxygen atoms in total.